The largest absolute Gasteiger partial charge is 0.458 e. The third-order valence-corrected chi connectivity index (χ3v) is 3.46. The normalized spacial score (nSPS) is 22.0. The molecular weight excluding hydrogens is 300 g/mol. The second-order valence-corrected chi connectivity index (χ2v) is 6.56. The van der Waals surface area contributed by atoms with Crippen LogP contribution in [0.4, 0.5) is 0 Å². The zero-order valence-electron chi connectivity index (χ0n) is 14.4. The number of aliphatic hydroxyl groups excluding tert-OH is 1. The van der Waals surface area contributed by atoms with Gasteiger partial charge >= 0.3 is 5.97 Å². The summed E-state index contributed by atoms with van der Waals surface area (Å²) in [5, 5.41) is 12.0. The molecule has 0 aromatic carbocycles. The number of nitrogens with zero attached hydrogens (tertiary/aromatic N) is 1. The lowest BCUT2D eigenvalue weighted by Gasteiger charge is -2.31. The minimum Gasteiger partial charge on any atom is -0.458 e. The van der Waals surface area contributed by atoms with Crippen LogP contribution in [-0.2, 0) is 19.1 Å². The molecule has 2 N–H and O–H groups in total. The van der Waals surface area contributed by atoms with Crippen molar-refractivity contribution >= 4 is 17.8 Å². The summed E-state index contributed by atoms with van der Waals surface area (Å²) in [5.74, 6) is -1.37. The molecule has 0 aliphatic carbocycles. The molecule has 2 amide bonds. The molecule has 2 unspecified atom stereocenters. The summed E-state index contributed by atoms with van der Waals surface area (Å²) in [6.45, 7) is 7.94. The Morgan fingerprint density at radius 1 is 1.30 bits per heavy atom. The second-order valence-electron chi connectivity index (χ2n) is 6.56. The fourth-order valence-electron chi connectivity index (χ4n) is 2.55. The lowest BCUT2D eigenvalue weighted by Crippen LogP contribution is -2.50. The van der Waals surface area contributed by atoms with E-state index in [1.54, 1.807) is 27.7 Å². The molecule has 0 radical (unpaired) electrons. The monoisotopic (exact) mass is 326 g/mol. The number of allylic oxidation sites excluding steroid dienone is 1. The molecule has 1 fully saturated rings. The Morgan fingerprint density at radius 2 is 1.91 bits per heavy atom. The molecule has 2 atom stereocenters. The zero-order valence-corrected chi connectivity index (χ0v) is 14.4. The van der Waals surface area contributed by atoms with E-state index in [-0.39, 0.29) is 18.2 Å². The van der Waals surface area contributed by atoms with E-state index in [2.05, 4.69) is 5.32 Å². The van der Waals surface area contributed by atoms with Gasteiger partial charge in [0, 0.05) is 6.92 Å². The van der Waals surface area contributed by atoms with E-state index in [9.17, 15) is 19.5 Å². The SMILES string of the molecule is CC=C(NC(C)=O)C(=O)N1C(CO)CCC1C(=O)OC(C)(C)C. The lowest BCUT2D eigenvalue weighted by atomic mass is 10.1. The molecule has 130 valence electrons. The Bertz CT molecular complexity index is 507. The van der Waals surface area contributed by atoms with Gasteiger partial charge in [-0.25, -0.2) is 4.79 Å². The highest BCUT2D eigenvalue weighted by Crippen LogP contribution is 2.27. The van der Waals surface area contributed by atoms with E-state index in [4.69, 9.17) is 4.74 Å². The molecule has 0 saturated carbocycles. The molecule has 1 aliphatic rings. The molecule has 0 spiro atoms. The van der Waals surface area contributed by atoms with E-state index in [0.29, 0.717) is 12.8 Å². The van der Waals surface area contributed by atoms with Crippen molar-refractivity contribution in [1.29, 1.82) is 0 Å². The van der Waals surface area contributed by atoms with Crippen LogP contribution in [0, 0.1) is 0 Å². The number of amides is 2. The molecule has 0 aromatic heterocycles. The minimum absolute atomic E-state index is 0.0893. The zero-order chi connectivity index (χ0) is 17.8. The van der Waals surface area contributed by atoms with E-state index < -0.39 is 29.6 Å². The van der Waals surface area contributed by atoms with Gasteiger partial charge in [-0.3, -0.25) is 9.59 Å². The molecule has 7 heteroatoms. The van der Waals surface area contributed by atoms with Crippen molar-refractivity contribution in [1.82, 2.24) is 10.2 Å². The average molecular weight is 326 g/mol. The van der Waals surface area contributed by atoms with Crippen LogP contribution >= 0.6 is 0 Å². The first-order chi connectivity index (χ1) is 10.6. The van der Waals surface area contributed by atoms with Gasteiger partial charge in [-0.05, 0) is 40.5 Å². The average Bonchev–Trinajstić information content (AvgIpc) is 2.85. The highest BCUT2D eigenvalue weighted by atomic mass is 16.6. The van der Waals surface area contributed by atoms with Gasteiger partial charge in [-0.15, -0.1) is 0 Å². The van der Waals surface area contributed by atoms with Crippen molar-refractivity contribution in [2.45, 2.75) is 65.1 Å². The topological polar surface area (TPSA) is 95.9 Å². The molecule has 1 rings (SSSR count). The Labute approximate surface area is 136 Å². The van der Waals surface area contributed by atoms with E-state index in [1.165, 1.54) is 17.9 Å². The maximum Gasteiger partial charge on any atom is 0.329 e. The second kappa shape index (κ2) is 7.59. The van der Waals surface area contributed by atoms with Crippen LogP contribution in [0.15, 0.2) is 11.8 Å². The first-order valence-corrected chi connectivity index (χ1v) is 7.71. The number of hydrogen-bond acceptors (Lipinski definition) is 5. The number of carbonyl (C=O) groups is 3. The molecular formula is C16H26N2O5. The lowest BCUT2D eigenvalue weighted by molar-refractivity contribution is -0.163. The van der Waals surface area contributed by atoms with Crippen LogP contribution < -0.4 is 5.32 Å². The highest BCUT2D eigenvalue weighted by Gasteiger charge is 2.43. The van der Waals surface area contributed by atoms with Crippen LogP contribution in [0.3, 0.4) is 0 Å². The van der Waals surface area contributed by atoms with Crippen LogP contribution in [0.1, 0.15) is 47.5 Å². The van der Waals surface area contributed by atoms with Crippen molar-refractivity contribution in [3.8, 4) is 0 Å². The molecule has 7 nitrogen and oxygen atoms in total. The third-order valence-electron chi connectivity index (χ3n) is 3.46. The number of hydrogen-bond donors (Lipinski definition) is 2. The van der Waals surface area contributed by atoms with Crippen molar-refractivity contribution in [3.05, 3.63) is 11.8 Å². The number of carbonyl (C=O) groups excluding carboxylic acids is 3. The summed E-state index contributed by atoms with van der Waals surface area (Å²) in [4.78, 5) is 37.6. The van der Waals surface area contributed by atoms with Gasteiger partial charge in [0.15, 0.2) is 0 Å². The maximum atomic E-state index is 12.7. The van der Waals surface area contributed by atoms with Crippen LogP contribution in [0.25, 0.3) is 0 Å². The fraction of sp³-hybridized carbons (Fsp3) is 0.688. The fourth-order valence-corrected chi connectivity index (χ4v) is 2.55. The van der Waals surface area contributed by atoms with E-state index >= 15 is 0 Å². The van der Waals surface area contributed by atoms with Crippen LogP contribution in [-0.4, -0.2) is 52.1 Å². The van der Waals surface area contributed by atoms with Gasteiger partial charge in [0.25, 0.3) is 5.91 Å². The number of aliphatic hydroxyl groups is 1. The smallest absolute Gasteiger partial charge is 0.329 e. The summed E-state index contributed by atoms with van der Waals surface area (Å²) < 4.78 is 5.37. The summed E-state index contributed by atoms with van der Waals surface area (Å²) in [6.07, 6.45) is 2.40. The summed E-state index contributed by atoms with van der Waals surface area (Å²) in [6, 6.07) is -1.23. The Kier molecular flexibility index (Phi) is 6.32. The van der Waals surface area contributed by atoms with Crippen molar-refractivity contribution in [2.24, 2.45) is 0 Å². The molecule has 23 heavy (non-hydrogen) atoms. The summed E-state index contributed by atoms with van der Waals surface area (Å²) in [5.41, 5.74) is -0.573. The van der Waals surface area contributed by atoms with Crippen molar-refractivity contribution in [2.75, 3.05) is 6.61 Å². The standard InChI is InChI=1S/C16H26N2O5/c1-6-12(17-10(2)20)14(21)18-11(9-19)7-8-13(18)15(22)23-16(3,4)5/h6,11,13,19H,7-9H2,1-5H3,(H,17,20). The van der Waals surface area contributed by atoms with Gasteiger partial charge in [0.2, 0.25) is 5.91 Å². The number of likely N-dealkylation sites (tertiary alicyclic amines) is 1. The Hall–Kier alpha value is -1.89. The van der Waals surface area contributed by atoms with Crippen molar-refractivity contribution in [3.63, 3.8) is 0 Å². The summed E-state index contributed by atoms with van der Waals surface area (Å²) >= 11 is 0. The Balaban J connectivity index is 3.02. The van der Waals surface area contributed by atoms with E-state index in [1.807, 2.05) is 0 Å². The number of rotatable bonds is 4. The molecule has 1 saturated heterocycles. The molecule has 0 bridgehead atoms. The third kappa shape index (κ3) is 5.06. The first-order valence-electron chi connectivity index (χ1n) is 7.71. The highest BCUT2D eigenvalue weighted by molar-refractivity contribution is 5.99. The van der Waals surface area contributed by atoms with Crippen molar-refractivity contribution < 1.29 is 24.2 Å². The predicted octanol–water partition coefficient (Wildman–Crippen LogP) is 0.720. The van der Waals surface area contributed by atoms with E-state index in [0.717, 1.165) is 0 Å². The number of ether oxygens (including phenoxy) is 1. The maximum absolute atomic E-state index is 12.7. The molecule has 1 aliphatic heterocycles. The van der Waals surface area contributed by atoms with Crippen LogP contribution in [0.2, 0.25) is 0 Å². The molecule has 0 aromatic rings. The van der Waals surface area contributed by atoms with Gasteiger partial charge < -0.3 is 20.1 Å². The van der Waals surface area contributed by atoms with Crippen LogP contribution in [0.5, 0.6) is 0 Å². The summed E-state index contributed by atoms with van der Waals surface area (Å²) in [7, 11) is 0. The Morgan fingerprint density at radius 3 is 2.35 bits per heavy atom. The predicted molar refractivity (Wildman–Crippen MR) is 84.2 cm³/mol. The minimum atomic E-state index is -0.761. The molecule has 1 heterocycles. The number of nitrogens with one attached hydrogen (secondary N) is 1. The van der Waals surface area contributed by atoms with Gasteiger partial charge in [-0.2, -0.15) is 0 Å². The van der Waals surface area contributed by atoms with Gasteiger partial charge in [-0.1, -0.05) is 6.08 Å². The van der Waals surface area contributed by atoms with Gasteiger partial charge in [0.05, 0.1) is 12.6 Å². The quantitative estimate of drug-likeness (QED) is 0.586. The first kappa shape index (κ1) is 19.2. The number of esters is 1. The van der Waals surface area contributed by atoms with Gasteiger partial charge in [0.1, 0.15) is 17.3 Å².